The molecule has 2 saturated heterocycles. The van der Waals surface area contributed by atoms with Crippen molar-refractivity contribution in [2.45, 2.75) is 31.0 Å². The first-order valence-corrected chi connectivity index (χ1v) is 4.34. The van der Waals surface area contributed by atoms with E-state index in [1.54, 1.807) is 0 Å². The summed E-state index contributed by atoms with van der Waals surface area (Å²) in [5.74, 6) is 0. The smallest absolute Gasteiger partial charge is 0.0934 e. The number of ether oxygens (including phenoxy) is 1. The van der Waals surface area contributed by atoms with E-state index >= 15 is 0 Å². The van der Waals surface area contributed by atoms with Crippen molar-refractivity contribution in [3.8, 4) is 0 Å². The van der Waals surface area contributed by atoms with Gasteiger partial charge in [0.05, 0.1) is 18.3 Å². The minimum atomic E-state index is 0.103. The first kappa shape index (κ1) is 7.53. The number of hydrogen-bond acceptors (Lipinski definition) is 3. The fraction of sp³-hybridized carbons (Fsp3) is 1.00. The van der Waals surface area contributed by atoms with Crippen LogP contribution in [0.1, 0.15) is 19.3 Å². The van der Waals surface area contributed by atoms with Gasteiger partial charge in [-0.3, -0.25) is 0 Å². The van der Waals surface area contributed by atoms with Crippen LogP contribution in [0.2, 0.25) is 0 Å². The van der Waals surface area contributed by atoms with Gasteiger partial charge in [-0.15, -0.1) is 0 Å². The maximum absolute atomic E-state index is 8.90. The first-order chi connectivity index (χ1) is 5.35. The van der Waals surface area contributed by atoms with Crippen LogP contribution in [0.3, 0.4) is 0 Å². The van der Waals surface area contributed by atoms with Crippen LogP contribution in [0, 0.1) is 0 Å². The Morgan fingerprint density at radius 2 is 2.36 bits per heavy atom. The molecule has 1 unspecified atom stereocenters. The van der Waals surface area contributed by atoms with Gasteiger partial charge in [-0.25, -0.2) is 0 Å². The molecule has 3 nitrogen and oxygen atoms in total. The van der Waals surface area contributed by atoms with Crippen molar-refractivity contribution in [1.82, 2.24) is 5.32 Å². The van der Waals surface area contributed by atoms with Crippen LogP contribution < -0.4 is 5.32 Å². The van der Waals surface area contributed by atoms with Gasteiger partial charge in [0.1, 0.15) is 0 Å². The predicted molar refractivity (Wildman–Crippen MR) is 41.4 cm³/mol. The number of aliphatic hydroxyl groups excluding tert-OH is 1. The molecule has 2 aliphatic rings. The summed E-state index contributed by atoms with van der Waals surface area (Å²) < 4.78 is 5.75. The Labute approximate surface area is 66.7 Å². The summed E-state index contributed by atoms with van der Waals surface area (Å²) in [4.78, 5) is 0. The van der Waals surface area contributed by atoms with Crippen molar-refractivity contribution in [3.63, 3.8) is 0 Å². The Balaban J connectivity index is 1.92. The van der Waals surface area contributed by atoms with Crippen molar-refractivity contribution in [2.24, 2.45) is 0 Å². The average Bonchev–Trinajstić information content (AvgIpc) is 2.02. The van der Waals surface area contributed by atoms with Crippen LogP contribution in [-0.4, -0.2) is 36.5 Å². The number of aliphatic hydroxyl groups is 1. The molecule has 11 heavy (non-hydrogen) atoms. The topological polar surface area (TPSA) is 41.5 Å². The molecule has 3 heteroatoms. The van der Waals surface area contributed by atoms with Crippen LogP contribution in [0.4, 0.5) is 0 Å². The zero-order valence-corrected chi connectivity index (χ0v) is 6.68. The van der Waals surface area contributed by atoms with E-state index in [0.29, 0.717) is 0 Å². The van der Waals surface area contributed by atoms with Gasteiger partial charge in [0.2, 0.25) is 0 Å². The second-order valence-corrected chi connectivity index (χ2v) is 3.60. The molecule has 2 fully saturated rings. The van der Waals surface area contributed by atoms with Crippen LogP contribution in [0.25, 0.3) is 0 Å². The lowest BCUT2D eigenvalue weighted by Crippen LogP contribution is -2.63. The molecule has 0 saturated carbocycles. The van der Waals surface area contributed by atoms with Gasteiger partial charge in [-0.1, -0.05) is 0 Å². The lowest BCUT2D eigenvalue weighted by molar-refractivity contribution is -0.164. The minimum absolute atomic E-state index is 0.103. The summed E-state index contributed by atoms with van der Waals surface area (Å²) in [5, 5.41) is 12.1. The molecular weight excluding hydrogens is 142 g/mol. The lowest BCUT2D eigenvalue weighted by atomic mass is 9.86. The molecule has 0 aromatic carbocycles. The molecule has 2 heterocycles. The fourth-order valence-electron chi connectivity index (χ4n) is 1.92. The minimum Gasteiger partial charge on any atom is -0.394 e. The second kappa shape index (κ2) is 2.73. The summed E-state index contributed by atoms with van der Waals surface area (Å²) in [6.07, 6.45) is 3.49. The fourth-order valence-corrected chi connectivity index (χ4v) is 1.92. The Hall–Kier alpha value is -0.120. The zero-order chi connectivity index (χ0) is 7.73. The molecule has 2 aliphatic heterocycles. The van der Waals surface area contributed by atoms with Crippen molar-refractivity contribution in [1.29, 1.82) is 0 Å². The van der Waals surface area contributed by atoms with E-state index in [9.17, 15) is 0 Å². The van der Waals surface area contributed by atoms with E-state index in [1.165, 1.54) is 6.42 Å². The van der Waals surface area contributed by atoms with E-state index in [2.05, 4.69) is 5.32 Å². The quantitative estimate of drug-likeness (QED) is 0.558. The monoisotopic (exact) mass is 157 g/mol. The zero-order valence-electron chi connectivity index (χ0n) is 6.68. The van der Waals surface area contributed by atoms with Crippen LogP contribution >= 0.6 is 0 Å². The molecule has 2 N–H and O–H groups in total. The SMILES string of the molecule is OCC1CCCC2(CNC2)O1. The summed E-state index contributed by atoms with van der Waals surface area (Å²) in [6.45, 7) is 2.13. The second-order valence-electron chi connectivity index (χ2n) is 3.60. The molecule has 2 rings (SSSR count). The Morgan fingerprint density at radius 3 is 2.91 bits per heavy atom. The Bertz CT molecular complexity index is 145. The third-order valence-corrected chi connectivity index (χ3v) is 2.67. The normalized spacial score (nSPS) is 35.2. The summed E-state index contributed by atoms with van der Waals surface area (Å²) in [7, 11) is 0. The van der Waals surface area contributed by atoms with Gasteiger partial charge in [-0.2, -0.15) is 0 Å². The largest absolute Gasteiger partial charge is 0.394 e. The molecule has 64 valence electrons. The third-order valence-electron chi connectivity index (χ3n) is 2.67. The molecule has 1 atom stereocenters. The Morgan fingerprint density at radius 1 is 1.55 bits per heavy atom. The molecule has 0 amide bonds. The Kier molecular flexibility index (Phi) is 1.87. The van der Waals surface area contributed by atoms with Gasteiger partial charge in [0.15, 0.2) is 0 Å². The van der Waals surface area contributed by atoms with E-state index < -0.39 is 0 Å². The number of rotatable bonds is 1. The molecule has 0 bridgehead atoms. The van der Waals surface area contributed by atoms with E-state index in [4.69, 9.17) is 9.84 Å². The van der Waals surface area contributed by atoms with Gasteiger partial charge < -0.3 is 15.2 Å². The highest BCUT2D eigenvalue weighted by atomic mass is 16.5. The standard InChI is InChI=1S/C8H15NO2/c10-4-7-2-1-3-8(11-7)5-9-6-8/h7,9-10H,1-6H2. The van der Waals surface area contributed by atoms with Crippen molar-refractivity contribution < 1.29 is 9.84 Å². The number of hydrogen-bond donors (Lipinski definition) is 2. The molecule has 0 aliphatic carbocycles. The molecule has 1 spiro atoms. The van der Waals surface area contributed by atoms with Crippen LogP contribution in [0.5, 0.6) is 0 Å². The van der Waals surface area contributed by atoms with Crippen molar-refractivity contribution in [2.75, 3.05) is 19.7 Å². The molecule has 0 aromatic heterocycles. The average molecular weight is 157 g/mol. The molecule has 0 radical (unpaired) electrons. The van der Waals surface area contributed by atoms with Gasteiger partial charge in [-0.05, 0) is 19.3 Å². The van der Waals surface area contributed by atoms with Crippen LogP contribution in [0.15, 0.2) is 0 Å². The maximum Gasteiger partial charge on any atom is 0.0934 e. The highest BCUT2D eigenvalue weighted by molar-refractivity contribution is 4.97. The highest BCUT2D eigenvalue weighted by Gasteiger charge is 2.41. The lowest BCUT2D eigenvalue weighted by Gasteiger charge is -2.47. The van der Waals surface area contributed by atoms with Gasteiger partial charge >= 0.3 is 0 Å². The molecular formula is C8H15NO2. The summed E-state index contributed by atoms with van der Waals surface area (Å²) in [5.41, 5.74) is 0.103. The third kappa shape index (κ3) is 1.28. The first-order valence-electron chi connectivity index (χ1n) is 4.34. The maximum atomic E-state index is 8.90. The number of nitrogens with one attached hydrogen (secondary N) is 1. The van der Waals surface area contributed by atoms with Crippen LogP contribution in [-0.2, 0) is 4.74 Å². The highest BCUT2D eigenvalue weighted by Crippen LogP contribution is 2.31. The predicted octanol–water partition coefficient (Wildman–Crippen LogP) is -0.110. The van der Waals surface area contributed by atoms with Gasteiger partial charge in [0.25, 0.3) is 0 Å². The summed E-state index contributed by atoms with van der Waals surface area (Å²) in [6, 6.07) is 0. The van der Waals surface area contributed by atoms with E-state index in [-0.39, 0.29) is 18.3 Å². The van der Waals surface area contributed by atoms with Gasteiger partial charge in [0, 0.05) is 13.1 Å². The molecule has 0 aromatic rings. The van der Waals surface area contributed by atoms with Crippen molar-refractivity contribution >= 4 is 0 Å². The van der Waals surface area contributed by atoms with E-state index in [1.807, 2.05) is 0 Å². The van der Waals surface area contributed by atoms with E-state index in [0.717, 1.165) is 25.9 Å². The summed E-state index contributed by atoms with van der Waals surface area (Å²) >= 11 is 0. The van der Waals surface area contributed by atoms with Crippen molar-refractivity contribution in [3.05, 3.63) is 0 Å².